The fraction of sp³-hybridized carbons (Fsp3) is 0.250. The number of ether oxygens (including phenoxy) is 1. The van der Waals surface area contributed by atoms with E-state index in [-0.39, 0.29) is 11.9 Å². The first-order valence-corrected chi connectivity index (χ1v) is 6.43. The Kier molecular flexibility index (Phi) is 4.37. The zero-order valence-electron chi connectivity index (χ0n) is 11.9. The van der Waals surface area contributed by atoms with Crippen LogP contribution >= 0.6 is 0 Å². The predicted molar refractivity (Wildman–Crippen MR) is 78.0 cm³/mol. The zero-order valence-corrected chi connectivity index (χ0v) is 11.9. The first-order valence-electron chi connectivity index (χ1n) is 6.43. The summed E-state index contributed by atoms with van der Waals surface area (Å²) >= 11 is 0. The summed E-state index contributed by atoms with van der Waals surface area (Å²) in [6.07, 6.45) is 0. The summed E-state index contributed by atoms with van der Waals surface area (Å²) in [7, 11) is 1.63. The number of hydrogen-bond donors (Lipinski definition) is 2. The first kappa shape index (κ1) is 14.5. The van der Waals surface area contributed by atoms with Crippen molar-refractivity contribution in [2.45, 2.75) is 19.9 Å². The molecule has 0 saturated carbocycles. The summed E-state index contributed by atoms with van der Waals surface area (Å²) in [6, 6.07) is 10.2. The summed E-state index contributed by atoms with van der Waals surface area (Å²) in [5, 5.41) is 0. The molecule has 0 heterocycles. The molecule has 2 aromatic carbocycles. The smallest absolute Gasteiger partial charge is 0.123 e. The van der Waals surface area contributed by atoms with Crippen LogP contribution in [0.15, 0.2) is 36.4 Å². The molecule has 2 rings (SSSR count). The first-order chi connectivity index (χ1) is 9.56. The molecule has 0 spiro atoms. The molecule has 0 fully saturated rings. The van der Waals surface area contributed by atoms with Gasteiger partial charge in [0.15, 0.2) is 0 Å². The van der Waals surface area contributed by atoms with Gasteiger partial charge in [0.2, 0.25) is 0 Å². The minimum Gasteiger partial charge on any atom is -0.497 e. The number of halogens is 1. The van der Waals surface area contributed by atoms with Crippen LogP contribution < -0.4 is 16.0 Å². The van der Waals surface area contributed by atoms with E-state index in [1.807, 2.05) is 32.0 Å². The Hall–Kier alpha value is -1.91. The van der Waals surface area contributed by atoms with E-state index in [0.717, 1.165) is 28.0 Å². The van der Waals surface area contributed by atoms with Crippen molar-refractivity contribution in [3.8, 4) is 5.75 Å². The molecule has 106 valence electrons. The average Bonchev–Trinajstić information content (AvgIpc) is 2.44. The van der Waals surface area contributed by atoms with Gasteiger partial charge in [0, 0.05) is 0 Å². The second-order valence-electron chi connectivity index (χ2n) is 4.82. The third kappa shape index (κ3) is 2.81. The summed E-state index contributed by atoms with van der Waals surface area (Å²) in [5.74, 6) is 6.21. The van der Waals surface area contributed by atoms with E-state index in [4.69, 9.17) is 10.6 Å². The number of benzene rings is 2. The molecule has 20 heavy (non-hydrogen) atoms. The number of methoxy groups -OCH3 is 1. The Morgan fingerprint density at radius 3 is 2.40 bits per heavy atom. The molecule has 2 aromatic rings. The summed E-state index contributed by atoms with van der Waals surface area (Å²) in [5.41, 5.74) is 6.64. The van der Waals surface area contributed by atoms with Crippen molar-refractivity contribution in [2.75, 3.05) is 7.11 Å². The van der Waals surface area contributed by atoms with E-state index < -0.39 is 0 Å². The third-order valence-electron chi connectivity index (χ3n) is 3.51. The molecule has 3 nitrogen and oxygen atoms in total. The van der Waals surface area contributed by atoms with Crippen molar-refractivity contribution in [1.29, 1.82) is 0 Å². The summed E-state index contributed by atoms with van der Waals surface area (Å²) in [6.45, 7) is 3.93. The van der Waals surface area contributed by atoms with Crippen LogP contribution in [-0.4, -0.2) is 7.11 Å². The lowest BCUT2D eigenvalue weighted by atomic mass is 9.92. The lowest BCUT2D eigenvalue weighted by molar-refractivity contribution is 0.414. The number of rotatable bonds is 4. The standard InChI is InChI=1S/C16H19FN2O/c1-10-4-5-12(17)9-15(10)16(19-18)14-7-6-13(20-3)8-11(14)2/h4-9,16,19H,18H2,1-3H3. The molecule has 0 aliphatic rings. The fourth-order valence-electron chi connectivity index (χ4n) is 2.37. The van der Waals surface area contributed by atoms with Gasteiger partial charge in [-0.1, -0.05) is 12.1 Å². The van der Waals surface area contributed by atoms with Gasteiger partial charge >= 0.3 is 0 Å². The molecule has 3 N–H and O–H groups in total. The van der Waals surface area contributed by atoms with E-state index in [0.29, 0.717) is 0 Å². The molecule has 0 aliphatic carbocycles. The Labute approximate surface area is 118 Å². The van der Waals surface area contributed by atoms with Gasteiger partial charge in [-0.3, -0.25) is 5.84 Å². The maximum Gasteiger partial charge on any atom is 0.123 e. The molecular formula is C16H19FN2O. The molecule has 1 atom stereocenters. The van der Waals surface area contributed by atoms with Crippen molar-refractivity contribution in [3.05, 3.63) is 64.5 Å². The highest BCUT2D eigenvalue weighted by Gasteiger charge is 2.17. The molecule has 1 unspecified atom stereocenters. The normalized spacial score (nSPS) is 12.2. The van der Waals surface area contributed by atoms with Crippen LogP contribution in [0, 0.1) is 19.7 Å². The van der Waals surface area contributed by atoms with Crippen molar-refractivity contribution in [2.24, 2.45) is 5.84 Å². The van der Waals surface area contributed by atoms with Crippen LogP contribution in [0.2, 0.25) is 0 Å². The van der Waals surface area contributed by atoms with Crippen LogP contribution in [-0.2, 0) is 0 Å². The Bertz CT molecular complexity index is 613. The second-order valence-corrected chi connectivity index (χ2v) is 4.82. The van der Waals surface area contributed by atoms with E-state index in [9.17, 15) is 4.39 Å². The van der Waals surface area contributed by atoms with Crippen LogP contribution in [0.5, 0.6) is 5.75 Å². The van der Waals surface area contributed by atoms with Crippen LogP contribution in [0.3, 0.4) is 0 Å². The summed E-state index contributed by atoms with van der Waals surface area (Å²) in [4.78, 5) is 0. The minimum atomic E-state index is -0.267. The van der Waals surface area contributed by atoms with Gasteiger partial charge in [0.25, 0.3) is 0 Å². The molecular weight excluding hydrogens is 255 g/mol. The number of aryl methyl sites for hydroxylation is 2. The molecule has 0 amide bonds. The number of nitrogens with two attached hydrogens (primary N) is 1. The Morgan fingerprint density at radius 2 is 1.80 bits per heavy atom. The van der Waals surface area contributed by atoms with Gasteiger partial charge in [-0.2, -0.15) is 0 Å². The van der Waals surface area contributed by atoms with Gasteiger partial charge in [0.1, 0.15) is 11.6 Å². The largest absolute Gasteiger partial charge is 0.497 e. The van der Waals surface area contributed by atoms with Gasteiger partial charge in [0.05, 0.1) is 13.2 Å². The molecule has 4 heteroatoms. The highest BCUT2D eigenvalue weighted by Crippen LogP contribution is 2.29. The molecule has 0 saturated heterocycles. The summed E-state index contributed by atoms with van der Waals surface area (Å²) < 4.78 is 18.7. The topological polar surface area (TPSA) is 47.3 Å². The molecule has 0 aromatic heterocycles. The number of hydrazine groups is 1. The van der Waals surface area contributed by atoms with Crippen LogP contribution in [0.1, 0.15) is 28.3 Å². The van der Waals surface area contributed by atoms with Gasteiger partial charge < -0.3 is 4.74 Å². The van der Waals surface area contributed by atoms with Crippen molar-refractivity contribution in [3.63, 3.8) is 0 Å². The van der Waals surface area contributed by atoms with Crippen molar-refractivity contribution < 1.29 is 9.13 Å². The average molecular weight is 274 g/mol. The maximum atomic E-state index is 13.5. The highest BCUT2D eigenvalue weighted by molar-refractivity contribution is 5.43. The number of hydrogen-bond acceptors (Lipinski definition) is 3. The van der Waals surface area contributed by atoms with Crippen LogP contribution in [0.25, 0.3) is 0 Å². The van der Waals surface area contributed by atoms with Gasteiger partial charge in [-0.15, -0.1) is 0 Å². The van der Waals surface area contributed by atoms with E-state index in [1.165, 1.54) is 12.1 Å². The Morgan fingerprint density at radius 1 is 1.05 bits per heavy atom. The lowest BCUT2D eigenvalue weighted by Crippen LogP contribution is -2.30. The lowest BCUT2D eigenvalue weighted by Gasteiger charge is -2.21. The number of nitrogens with one attached hydrogen (secondary N) is 1. The van der Waals surface area contributed by atoms with E-state index >= 15 is 0 Å². The van der Waals surface area contributed by atoms with Crippen LogP contribution in [0.4, 0.5) is 4.39 Å². The second kappa shape index (κ2) is 6.03. The Balaban J connectivity index is 2.49. The maximum absolute atomic E-state index is 13.5. The van der Waals surface area contributed by atoms with Crippen molar-refractivity contribution in [1.82, 2.24) is 5.43 Å². The molecule has 0 radical (unpaired) electrons. The quantitative estimate of drug-likeness (QED) is 0.665. The van der Waals surface area contributed by atoms with E-state index in [2.05, 4.69) is 5.43 Å². The predicted octanol–water partition coefficient (Wildman–Crippen LogP) is 3.00. The van der Waals surface area contributed by atoms with Gasteiger partial charge in [-0.25, -0.2) is 9.82 Å². The third-order valence-corrected chi connectivity index (χ3v) is 3.51. The van der Waals surface area contributed by atoms with Gasteiger partial charge in [-0.05, 0) is 60.4 Å². The SMILES string of the molecule is COc1ccc(C(NN)c2cc(F)ccc2C)c(C)c1. The molecule has 0 bridgehead atoms. The zero-order chi connectivity index (χ0) is 14.7. The minimum absolute atomic E-state index is 0.253. The highest BCUT2D eigenvalue weighted by atomic mass is 19.1. The van der Waals surface area contributed by atoms with Crippen molar-refractivity contribution >= 4 is 0 Å². The van der Waals surface area contributed by atoms with E-state index in [1.54, 1.807) is 13.2 Å². The monoisotopic (exact) mass is 274 g/mol. The fourth-order valence-corrected chi connectivity index (χ4v) is 2.37. The molecule has 0 aliphatic heterocycles.